The Balaban J connectivity index is 1.81. The molecular weight excluding hydrogens is 502 g/mol. The maximum absolute atomic E-state index is 10.6. The largest absolute Gasteiger partial charge is 0.394 e. The van der Waals surface area contributed by atoms with Crippen LogP contribution in [-0.2, 0) is 23.7 Å². The maximum Gasteiger partial charge on any atom is 0.186 e. The second kappa shape index (κ2) is 14.6. The van der Waals surface area contributed by atoms with Gasteiger partial charge in [0.15, 0.2) is 12.6 Å². The Kier molecular flexibility index (Phi) is 12.1. The molecule has 1 saturated carbocycles. The summed E-state index contributed by atoms with van der Waals surface area (Å²) in [6, 6.07) is -3.02. The summed E-state index contributed by atoms with van der Waals surface area (Å²) in [5.74, 6) is 2.58. The topological polar surface area (TPSA) is 257 Å². The highest BCUT2D eigenvalue weighted by molar-refractivity contribution is 5.02. The molecule has 0 bridgehead atoms. The van der Waals surface area contributed by atoms with Gasteiger partial charge in [0.2, 0.25) is 0 Å². The first-order valence-corrected chi connectivity index (χ1v) is 13.2. The van der Waals surface area contributed by atoms with E-state index in [2.05, 4.69) is 5.92 Å². The van der Waals surface area contributed by atoms with E-state index >= 15 is 0 Å². The van der Waals surface area contributed by atoms with Gasteiger partial charge in [0.25, 0.3) is 0 Å². The zero-order valence-electron chi connectivity index (χ0n) is 21.5. The Morgan fingerprint density at radius 2 is 1.45 bits per heavy atom. The number of rotatable bonds is 11. The van der Waals surface area contributed by atoms with Gasteiger partial charge in [-0.05, 0) is 25.7 Å². The number of terminal acetylenes is 1. The van der Waals surface area contributed by atoms with Crippen LogP contribution in [0.25, 0.3) is 0 Å². The van der Waals surface area contributed by atoms with Gasteiger partial charge in [0, 0.05) is 31.7 Å². The van der Waals surface area contributed by atoms with Crippen molar-refractivity contribution >= 4 is 0 Å². The molecule has 0 unspecified atom stereocenters. The van der Waals surface area contributed by atoms with Gasteiger partial charge in [-0.2, -0.15) is 0 Å². The van der Waals surface area contributed by atoms with Crippen LogP contribution in [0.5, 0.6) is 0 Å². The first-order valence-electron chi connectivity index (χ1n) is 13.2. The summed E-state index contributed by atoms with van der Waals surface area (Å²) >= 11 is 0. The number of nitrogens with two attached hydrogens (primary N) is 5. The molecule has 0 spiro atoms. The van der Waals surface area contributed by atoms with Gasteiger partial charge in [0.1, 0.15) is 36.6 Å². The summed E-state index contributed by atoms with van der Waals surface area (Å²) in [5, 5.41) is 40.6. The van der Waals surface area contributed by atoms with Crippen LogP contribution in [-0.4, -0.2) is 126 Å². The molecule has 38 heavy (non-hydrogen) atoms. The van der Waals surface area contributed by atoms with E-state index in [1.165, 1.54) is 0 Å². The minimum atomic E-state index is -1.41. The Bertz CT molecular complexity index is 761. The predicted molar refractivity (Wildman–Crippen MR) is 135 cm³/mol. The molecule has 3 fully saturated rings. The zero-order valence-corrected chi connectivity index (χ0v) is 21.5. The number of ether oxygens (including phenoxy) is 5. The quantitative estimate of drug-likeness (QED) is 0.0873. The smallest absolute Gasteiger partial charge is 0.186 e. The van der Waals surface area contributed by atoms with Crippen molar-refractivity contribution in [3.8, 4) is 12.3 Å². The fourth-order valence-electron chi connectivity index (χ4n) is 5.14. The predicted octanol–water partition coefficient (Wildman–Crippen LogP) is -4.47. The SMILES string of the molecule is C#CCCCCO[C@@H]1[C@@H](O[C@H]2O[C@H](CO)[C@@H](O)[C@H](N)[C@H]2O)[C@H](N)C[C@H](N)[C@H]1O[C@H]1O[C@H](CN)[C@@H](O)C[C@H]1N. The van der Waals surface area contributed by atoms with Crippen molar-refractivity contribution < 1.29 is 44.1 Å². The molecule has 0 amide bonds. The molecular formula is C24H45N5O9. The first-order chi connectivity index (χ1) is 18.1. The van der Waals surface area contributed by atoms with Crippen molar-refractivity contribution in [2.45, 2.75) is 118 Å². The highest BCUT2D eigenvalue weighted by Gasteiger charge is 2.51. The summed E-state index contributed by atoms with van der Waals surface area (Å²) in [5.41, 5.74) is 30.8. The normalized spacial score (nSPS) is 46.0. The summed E-state index contributed by atoms with van der Waals surface area (Å²) < 4.78 is 30.0. The fraction of sp³-hybridized carbons (Fsp3) is 0.917. The molecule has 3 aliphatic rings. The Morgan fingerprint density at radius 1 is 0.816 bits per heavy atom. The number of aliphatic hydroxyl groups is 4. The number of unbranched alkanes of at least 4 members (excludes halogenated alkanes) is 2. The Hall–Kier alpha value is -1.00. The molecule has 14 heteroatoms. The van der Waals surface area contributed by atoms with Crippen LogP contribution < -0.4 is 28.7 Å². The summed E-state index contributed by atoms with van der Waals surface area (Å²) in [7, 11) is 0. The van der Waals surface area contributed by atoms with Gasteiger partial charge in [-0.1, -0.05) is 0 Å². The second-order valence-corrected chi connectivity index (χ2v) is 10.3. The minimum absolute atomic E-state index is 0.0746. The Labute approximate surface area is 223 Å². The van der Waals surface area contributed by atoms with Crippen LogP contribution in [0.15, 0.2) is 0 Å². The van der Waals surface area contributed by atoms with Gasteiger partial charge < -0.3 is 72.8 Å². The lowest BCUT2D eigenvalue weighted by Gasteiger charge is -2.49. The molecule has 14 nitrogen and oxygen atoms in total. The van der Waals surface area contributed by atoms with Crippen LogP contribution in [0.3, 0.4) is 0 Å². The molecule has 3 rings (SSSR count). The molecule has 0 aromatic heterocycles. The van der Waals surface area contributed by atoms with Crippen LogP contribution in [0.2, 0.25) is 0 Å². The summed E-state index contributed by atoms with van der Waals surface area (Å²) in [4.78, 5) is 0. The number of hydrogen-bond donors (Lipinski definition) is 9. The molecule has 0 aromatic rings. The molecule has 1 aliphatic carbocycles. The van der Waals surface area contributed by atoms with E-state index in [-0.39, 0.29) is 19.4 Å². The van der Waals surface area contributed by atoms with Crippen molar-refractivity contribution in [1.29, 1.82) is 0 Å². The monoisotopic (exact) mass is 547 g/mol. The third kappa shape index (κ3) is 7.39. The molecule has 220 valence electrons. The lowest BCUT2D eigenvalue weighted by atomic mass is 9.84. The van der Waals surface area contributed by atoms with E-state index in [4.69, 9.17) is 58.8 Å². The number of aliphatic hydroxyl groups excluding tert-OH is 4. The second-order valence-electron chi connectivity index (χ2n) is 10.3. The number of hydrogen-bond acceptors (Lipinski definition) is 14. The third-order valence-electron chi connectivity index (χ3n) is 7.42. The maximum atomic E-state index is 10.6. The summed E-state index contributed by atoms with van der Waals surface area (Å²) in [6.07, 6.45) is -2.22. The standard InChI is InChI=1S/C24H45N5O9/c1-2-3-4-5-6-34-22-20(37-23-13(28)8-14(31)15(9-25)35-23)11(26)7-12(27)21(22)38-24-19(33)17(29)18(32)16(10-30)36-24/h1,11-24,30-33H,3-10,25-29H2/t11-,12+,13+,14-,15+,16+,17-,18+,19+,20+,21-,22-,23+,24+/m0/s1. The molecule has 14 atom stereocenters. The molecule has 14 N–H and O–H groups in total. The van der Waals surface area contributed by atoms with Crippen LogP contribution in [0.1, 0.15) is 32.1 Å². The molecule has 0 radical (unpaired) electrons. The zero-order chi connectivity index (χ0) is 28.0. The van der Waals surface area contributed by atoms with Gasteiger partial charge in [0.05, 0.1) is 30.9 Å². The van der Waals surface area contributed by atoms with E-state index in [1.807, 2.05) is 0 Å². The molecule has 2 aliphatic heterocycles. The van der Waals surface area contributed by atoms with Crippen molar-refractivity contribution in [2.24, 2.45) is 28.7 Å². The fourth-order valence-corrected chi connectivity index (χ4v) is 5.14. The molecule has 0 aromatic carbocycles. The third-order valence-corrected chi connectivity index (χ3v) is 7.42. The van der Waals surface area contributed by atoms with E-state index in [0.29, 0.717) is 19.4 Å². The van der Waals surface area contributed by atoms with Gasteiger partial charge >= 0.3 is 0 Å². The van der Waals surface area contributed by atoms with Crippen molar-refractivity contribution in [3.05, 3.63) is 0 Å². The average Bonchev–Trinajstić information content (AvgIpc) is 2.88. The van der Waals surface area contributed by atoms with Crippen molar-refractivity contribution in [1.82, 2.24) is 0 Å². The highest BCUT2D eigenvalue weighted by Crippen LogP contribution is 2.32. The highest BCUT2D eigenvalue weighted by atomic mass is 16.7. The van der Waals surface area contributed by atoms with Crippen molar-refractivity contribution in [3.63, 3.8) is 0 Å². The Morgan fingerprint density at radius 3 is 2.05 bits per heavy atom. The lowest BCUT2D eigenvalue weighted by molar-refractivity contribution is -0.318. The minimum Gasteiger partial charge on any atom is -0.394 e. The van der Waals surface area contributed by atoms with E-state index < -0.39 is 92.2 Å². The van der Waals surface area contributed by atoms with Gasteiger partial charge in [-0.15, -0.1) is 12.3 Å². The lowest BCUT2D eigenvalue weighted by Crippen LogP contribution is -2.68. The van der Waals surface area contributed by atoms with Crippen LogP contribution in [0, 0.1) is 12.3 Å². The average molecular weight is 548 g/mol. The van der Waals surface area contributed by atoms with Crippen molar-refractivity contribution in [2.75, 3.05) is 19.8 Å². The summed E-state index contributed by atoms with van der Waals surface area (Å²) in [6.45, 7) is -0.168. The van der Waals surface area contributed by atoms with E-state index in [1.54, 1.807) is 0 Å². The van der Waals surface area contributed by atoms with E-state index in [0.717, 1.165) is 6.42 Å². The van der Waals surface area contributed by atoms with E-state index in [9.17, 15) is 20.4 Å². The van der Waals surface area contributed by atoms with Gasteiger partial charge in [-0.3, -0.25) is 0 Å². The molecule has 2 heterocycles. The van der Waals surface area contributed by atoms with Gasteiger partial charge in [-0.25, -0.2) is 0 Å². The molecule has 2 saturated heterocycles. The van der Waals surface area contributed by atoms with Crippen LogP contribution in [0.4, 0.5) is 0 Å². The first kappa shape index (κ1) is 31.5. The van der Waals surface area contributed by atoms with Crippen LogP contribution >= 0.6 is 0 Å².